The number of hydrogen-bond acceptors (Lipinski definition) is 4. The third kappa shape index (κ3) is 2.70. The molecule has 2 heterocycles. The summed E-state index contributed by atoms with van der Waals surface area (Å²) in [5.74, 6) is -1.52. The van der Waals surface area contributed by atoms with Crippen molar-refractivity contribution in [1.82, 2.24) is 19.9 Å². The van der Waals surface area contributed by atoms with Crippen LogP contribution >= 0.6 is 0 Å². The number of aromatic nitrogens is 3. The third-order valence-corrected chi connectivity index (χ3v) is 2.70. The van der Waals surface area contributed by atoms with E-state index in [4.69, 9.17) is 5.11 Å². The van der Waals surface area contributed by atoms with E-state index in [-0.39, 0.29) is 5.56 Å². The molecule has 7 nitrogen and oxygen atoms in total. The molecule has 2 N–H and O–H groups in total. The lowest BCUT2D eigenvalue weighted by atomic mass is 10.1. The normalized spacial score (nSPS) is 12.3. The van der Waals surface area contributed by atoms with Gasteiger partial charge in [-0.3, -0.25) is 4.79 Å². The fraction of sp³-hybridized carbons (Fsp3) is 0.333. The van der Waals surface area contributed by atoms with Crippen molar-refractivity contribution < 1.29 is 14.7 Å². The first kappa shape index (κ1) is 13.0. The second kappa shape index (κ2) is 5.47. The largest absolute Gasteiger partial charge is 0.480 e. The molecule has 0 aliphatic carbocycles. The van der Waals surface area contributed by atoms with E-state index in [1.165, 1.54) is 10.7 Å². The molecule has 0 aromatic carbocycles. The molecule has 100 valence electrons. The molecule has 0 aliphatic heterocycles. The molecule has 7 heteroatoms. The van der Waals surface area contributed by atoms with Gasteiger partial charge in [-0.05, 0) is 12.5 Å². The molecule has 0 radical (unpaired) electrons. The van der Waals surface area contributed by atoms with E-state index in [0.717, 1.165) is 0 Å². The Labute approximate surface area is 109 Å². The van der Waals surface area contributed by atoms with Crippen LogP contribution in [0.5, 0.6) is 0 Å². The molecule has 2 rings (SSSR count). The fourth-order valence-electron chi connectivity index (χ4n) is 1.77. The summed E-state index contributed by atoms with van der Waals surface area (Å²) in [5, 5.41) is 15.5. The Bertz CT molecular complexity index is 608. The van der Waals surface area contributed by atoms with Gasteiger partial charge in [-0.2, -0.15) is 5.10 Å². The number of hydrogen-bond donors (Lipinski definition) is 2. The monoisotopic (exact) mass is 262 g/mol. The predicted octanol–water partition coefficient (Wildman–Crippen LogP) is 0.712. The molecule has 19 heavy (non-hydrogen) atoms. The molecule has 0 spiro atoms. The van der Waals surface area contributed by atoms with Gasteiger partial charge in [0.15, 0.2) is 5.65 Å². The van der Waals surface area contributed by atoms with E-state index < -0.39 is 17.9 Å². The van der Waals surface area contributed by atoms with Gasteiger partial charge >= 0.3 is 5.97 Å². The first-order chi connectivity index (χ1) is 9.13. The van der Waals surface area contributed by atoms with Crippen LogP contribution in [0.1, 0.15) is 30.1 Å². The highest BCUT2D eigenvalue weighted by Gasteiger charge is 2.21. The summed E-state index contributed by atoms with van der Waals surface area (Å²) in [5.41, 5.74) is 0.670. The van der Waals surface area contributed by atoms with Crippen LogP contribution in [0.2, 0.25) is 0 Å². The minimum atomic E-state index is -1.04. The molecule has 2 aromatic rings. The Balaban J connectivity index is 2.22. The number of nitrogens with one attached hydrogen (secondary N) is 1. The highest BCUT2D eigenvalue weighted by atomic mass is 16.4. The Kier molecular flexibility index (Phi) is 3.74. The smallest absolute Gasteiger partial charge is 0.326 e. The van der Waals surface area contributed by atoms with Crippen LogP contribution in [0, 0.1) is 0 Å². The van der Waals surface area contributed by atoms with Gasteiger partial charge in [-0.15, -0.1) is 0 Å². The lowest BCUT2D eigenvalue weighted by Crippen LogP contribution is -2.40. The second-order valence-electron chi connectivity index (χ2n) is 4.10. The Morgan fingerprint density at radius 1 is 1.53 bits per heavy atom. The molecular formula is C12H14N4O3. The summed E-state index contributed by atoms with van der Waals surface area (Å²) in [6, 6.07) is 0.801. The molecule has 2 aromatic heterocycles. The van der Waals surface area contributed by atoms with Gasteiger partial charge in [0, 0.05) is 12.4 Å². The first-order valence-corrected chi connectivity index (χ1v) is 5.95. The third-order valence-electron chi connectivity index (χ3n) is 2.70. The molecule has 0 saturated heterocycles. The first-order valence-electron chi connectivity index (χ1n) is 5.95. The number of carbonyl (C=O) groups excluding carboxylic acids is 1. The molecule has 1 amide bonds. The zero-order valence-corrected chi connectivity index (χ0v) is 10.4. The van der Waals surface area contributed by atoms with Crippen molar-refractivity contribution in [2.75, 3.05) is 0 Å². The molecule has 1 unspecified atom stereocenters. The lowest BCUT2D eigenvalue weighted by Gasteiger charge is -2.12. The van der Waals surface area contributed by atoms with Crippen molar-refractivity contribution in [3.63, 3.8) is 0 Å². The van der Waals surface area contributed by atoms with E-state index in [1.807, 2.05) is 6.92 Å². The fourth-order valence-corrected chi connectivity index (χ4v) is 1.77. The molecule has 1 atom stereocenters. The second-order valence-corrected chi connectivity index (χ2v) is 4.10. The van der Waals surface area contributed by atoms with E-state index in [2.05, 4.69) is 15.4 Å². The van der Waals surface area contributed by atoms with Gasteiger partial charge in [0.2, 0.25) is 0 Å². The standard InChI is InChI=1S/C12H14N4O3/c1-2-4-9(12(18)19)15-11(17)8-7-14-16-6-3-5-13-10(8)16/h3,5-7,9H,2,4H2,1H3,(H,15,17)(H,18,19). The number of fused-ring (bicyclic) bond motifs is 1. The number of amides is 1. The number of rotatable bonds is 5. The van der Waals surface area contributed by atoms with Crippen LogP contribution < -0.4 is 5.32 Å². The molecule has 0 fully saturated rings. The zero-order chi connectivity index (χ0) is 13.8. The maximum Gasteiger partial charge on any atom is 0.326 e. The van der Waals surface area contributed by atoms with Gasteiger partial charge in [0.05, 0.1) is 6.20 Å². The highest BCUT2D eigenvalue weighted by Crippen LogP contribution is 2.08. The molecule has 0 aliphatic rings. The van der Waals surface area contributed by atoms with Crippen molar-refractivity contribution in [3.8, 4) is 0 Å². The lowest BCUT2D eigenvalue weighted by molar-refractivity contribution is -0.139. The van der Waals surface area contributed by atoms with Crippen molar-refractivity contribution >= 4 is 17.5 Å². The number of carbonyl (C=O) groups is 2. The summed E-state index contributed by atoms with van der Waals surface area (Å²) >= 11 is 0. The topological polar surface area (TPSA) is 96.6 Å². The molecular weight excluding hydrogens is 248 g/mol. The SMILES string of the molecule is CCCC(NC(=O)c1cnn2cccnc12)C(=O)O. The summed E-state index contributed by atoms with van der Waals surface area (Å²) in [6.45, 7) is 1.86. The van der Waals surface area contributed by atoms with Crippen molar-refractivity contribution in [2.24, 2.45) is 0 Å². The molecule has 0 saturated carbocycles. The predicted molar refractivity (Wildman–Crippen MR) is 66.8 cm³/mol. The van der Waals surface area contributed by atoms with Gasteiger partial charge in [-0.1, -0.05) is 13.3 Å². The van der Waals surface area contributed by atoms with Gasteiger partial charge in [0.25, 0.3) is 5.91 Å². The maximum atomic E-state index is 12.0. The summed E-state index contributed by atoms with van der Waals surface area (Å²) < 4.78 is 1.46. The van der Waals surface area contributed by atoms with E-state index in [9.17, 15) is 9.59 Å². The van der Waals surface area contributed by atoms with Gasteiger partial charge in [-0.25, -0.2) is 14.3 Å². The summed E-state index contributed by atoms with van der Waals surface area (Å²) in [6.07, 6.45) is 5.65. The Hall–Kier alpha value is -2.44. The Morgan fingerprint density at radius 2 is 2.32 bits per heavy atom. The van der Waals surface area contributed by atoms with E-state index in [0.29, 0.717) is 18.5 Å². The van der Waals surface area contributed by atoms with Crippen LogP contribution in [0.4, 0.5) is 0 Å². The number of aliphatic carboxylic acids is 1. The summed E-state index contributed by atoms with van der Waals surface area (Å²) in [7, 11) is 0. The van der Waals surface area contributed by atoms with E-state index in [1.54, 1.807) is 18.5 Å². The number of carboxylic acids is 1. The van der Waals surface area contributed by atoms with Crippen molar-refractivity contribution in [2.45, 2.75) is 25.8 Å². The zero-order valence-electron chi connectivity index (χ0n) is 10.4. The van der Waals surface area contributed by atoms with Crippen LogP contribution in [0.15, 0.2) is 24.7 Å². The van der Waals surface area contributed by atoms with Crippen molar-refractivity contribution in [1.29, 1.82) is 0 Å². The summed E-state index contributed by atoms with van der Waals surface area (Å²) in [4.78, 5) is 27.1. The number of nitrogens with zero attached hydrogens (tertiary/aromatic N) is 3. The van der Waals surface area contributed by atoms with Crippen LogP contribution in [0.25, 0.3) is 5.65 Å². The highest BCUT2D eigenvalue weighted by molar-refractivity contribution is 6.01. The quantitative estimate of drug-likeness (QED) is 0.827. The minimum absolute atomic E-state index is 0.267. The number of carboxylic acid groups (broad SMARTS) is 1. The van der Waals surface area contributed by atoms with E-state index >= 15 is 0 Å². The maximum absolute atomic E-state index is 12.0. The van der Waals surface area contributed by atoms with Crippen LogP contribution in [-0.4, -0.2) is 37.6 Å². The average Bonchev–Trinajstić information content (AvgIpc) is 2.81. The minimum Gasteiger partial charge on any atom is -0.480 e. The van der Waals surface area contributed by atoms with Crippen LogP contribution in [-0.2, 0) is 4.79 Å². The van der Waals surface area contributed by atoms with Crippen molar-refractivity contribution in [3.05, 3.63) is 30.2 Å². The average molecular weight is 262 g/mol. The van der Waals surface area contributed by atoms with Gasteiger partial charge < -0.3 is 10.4 Å². The van der Waals surface area contributed by atoms with Gasteiger partial charge in [0.1, 0.15) is 11.6 Å². The molecule has 0 bridgehead atoms. The Morgan fingerprint density at radius 3 is 3.00 bits per heavy atom. The van der Waals surface area contributed by atoms with Crippen LogP contribution in [0.3, 0.4) is 0 Å².